The minimum Gasteiger partial charge on any atom is -0.494 e. The summed E-state index contributed by atoms with van der Waals surface area (Å²) < 4.78 is 5.69. The van der Waals surface area contributed by atoms with Crippen LogP contribution in [-0.4, -0.2) is 12.6 Å². The predicted molar refractivity (Wildman–Crippen MR) is 86.7 cm³/mol. The molecule has 21 heavy (non-hydrogen) atoms. The van der Waals surface area contributed by atoms with Gasteiger partial charge in [-0.1, -0.05) is 42.5 Å². The van der Waals surface area contributed by atoms with Gasteiger partial charge >= 0.3 is 0 Å². The van der Waals surface area contributed by atoms with E-state index >= 15 is 0 Å². The first-order valence-corrected chi connectivity index (χ1v) is 7.87. The Labute approximate surface area is 127 Å². The van der Waals surface area contributed by atoms with E-state index in [-0.39, 0.29) is 0 Å². The van der Waals surface area contributed by atoms with Gasteiger partial charge in [-0.3, -0.25) is 0 Å². The SMILES string of the molecule is CCOc1ccccc1CNC1CCc2ccccc2C1. The van der Waals surface area contributed by atoms with E-state index in [1.54, 1.807) is 0 Å². The Bertz CT molecular complexity index is 594. The quantitative estimate of drug-likeness (QED) is 0.901. The third-order valence-electron chi connectivity index (χ3n) is 4.20. The van der Waals surface area contributed by atoms with Crippen molar-refractivity contribution in [1.82, 2.24) is 5.32 Å². The van der Waals surface area contributed by atoms with Crippen molar-refractivity contribution in [3.8, 4) is 5.75 Å². The number of nitrogens with one attached hydrogen (secondary N) is 1. The van der Waals surface area contributed by atoms with E-state index in [2.05, 4.69) is 47.8 Å². The minimum atomic E-state index is 0.564. The zero-order chi connectivity index (χ0) is 14.5. The Kier molecular flexibility index (Phi) is 4.56. The molecule has 0 radical (unpaired) electrons. The fourth-order valence-electron chi connectivity index (χ4n) is 3.07. The number of hydrogen-bond donors (Lipinski definition) is 1. The van der Waals surface area contributed by atoms with Gasteiger partial charge in [-0.05, 0) is 43.4 Å². The number of fused-ring (bicyclic) bond motifs is 1. The number of rotatable bonds is 5. The smallest absolute Gasteiger partial charge is 0.123 e. The lowest BCUT2D eigenvalue weighted by Crippen LogP contribution is -2.34. The van der Waals surface area contributed by atoms with Crippen LogP contribution >= 0.6 is 0 Å². The molecule has 0 heterocycles. The fraction of sp³-hybridized carbons (Fsp3) is 0.368. The van der Waals surface area contributed by atoms with Crippen LogP contribution in [-0.2, 0) is 19.4 Å². The molecule has 0 amide bonds. The number of benzene rings is 2. The van der Waals surface area contributed by atoms with E-state index in [0.29, 0.717) is 12.6 Å². The number of ether oxygens (including phenoxy) is 1. The molecule has 3 rings (SSSR count). The molecule has 2 nitrogen and oxygen atoms in total. The lowest BCUT2D eigenvalue weighted by molar-refractivity contribution is 0.334. The van der Waals surface area contributed by atoms with Gasteiger partial charge in [0.15, 0.2) is 0 Å². The average molecular weight is 281 g/mol. The molecule has 2 aromatic rings. The summed E-state index contributed by atoms with van der Waals surface area (Å²) >= 11 is 0. The van der Waals surface area contributed by atoms with E-state index in [9.17, 15) is 0 Å². The van der Waals surface area contributed by atoms with Gasteiger partial charge < -0.3 is 10.1 Å². The van der Waals surface area contributed by atoms with Crippen LogP contribution in [0.5, 0.6) is 5.75 Å². The van der Waals surface area contributed by atoms with E-state index in [1.807, 2.05) is 13.0 Å². The van der Waals surface area contributed by atoms with Crippen molar-refractivity contribution in [2.75, 3.05) is 6.61 Å². The van der Waals surface area contributed by atoms with Gasteiger partial charge in [-0.2, -0.15) is 0 Å². The molecule has 110 valence electrons. The second-order valence-corrected chi connectivity index (χ2v) is 5.63. The maximum absolute atomic E-state index is 5.69. The van der Waals surface area contributed by atoms with Crippen LogP contribution in [0.4, 0.5) is 0 Å². The molecular formula is C19H23NO. The lowest BCUT2D eigenvalue weighted by Gasteiger charge is -2.26. The third kappa shape index (κ3) is 3.45. The molecule has 0 fully saturated rings. The Morgan fingerprint density at radius 2 is 1.81 bits per heavy atom. The summed E-state index contributed by atoms with van der Waals surface area (Å²) in [5, 5.41) is 3.70. The fourth-order valence-corrected chi connectivity index (χ4v) is 3.07. The largest absolute Gasteiger partial charge is 0.494 e. The normalized spacial score (nSPS) is 17.3. The first-order chi connectivity index (χ1) is 10.4. The molecule has 0 aliphatic heterocycles. The van der Waals surface area contributed by atoms with Crippen LogP contribution in [0.2, 0.25) is 0 Å². The van der Waals surface area contributed by atoms with Gasteiger partial charge in [0.05, 0.1) is 6.61 Å². The molecule has 2 heteroatoms. The molecule has 1 aliphatic rings. The molecule has 1 N–H and O–H groups in total. The van der Waals surface area contributed by atoms with E-state index in [1.165, 1.54) is 29.5 Å². The summed E-state index contributed by atoms with van der Waals surface area (Å²) in [7, 11) is 0. The summed E-state index contributed by atoms with van der Waals surface area (Å²) in [5.41, 5.74) is 4.27. The molecule has 0 saturated heterocycles. The van der Waals surface area contributed by atoms with E-state index < -0.39 is 0 Å². The van der Waals surface area contributed by atoms with Crippen LogP contribution in [0.1, 0.15) is 30.0 Å². The zero-order valence-electron chi connectivity index (χ0n) is 12.6. The van der Waals surface area contributed by atoms with Crippen molar-refractivity contribution in [2.45, 2.75) is 38.8 Å². The summed E-state index contributed by atoms with van der Waals surface area (Å²) in [6, 6.07) is 17.7. The first-order valence-electron chi connectivity index (χ1n) is 7.87. The highest BCUT2D eigenvalue weighted by molar-refractivity contribution is 5.34. The van der Waals surface area contributed by atoms with Crippen LogP contribution in [0.3, 0.4) is 0 Å². The topological polar surface area (TPSA) is 21.3 Å². The van der Waals surface area contributed by atoms with Crippen molar-refractivity contribution in [3.05, 3.63) is 65.2 Å². The summed E-state index contributed by atoms with van der Waals surface area (Å²) in [4.78, 5) is 0. The van der Waals surface area contributed by atoms with Crippen LogP contribution in [0.25, 0.3) is 0 Å². The van der Waals surface area contributed by atoms with E-state index in [0.717, 1.165) is 18.7 Å². The molecule has 1 unspecified atom stereocenters. The summed E-state index contributed by atoms with van der Waals surface area (Å²) in [6.07, 6.45) is 3.53. The van der Waals surface area contributed by atoms with Gasteiger partial charge in [0, 0.05) is 18.2 Å². The molecule has 0 bridgehead atoms. The highest BCUT2D eigenvalue weighted by Gasteiger charge is 2.17. The number of para-hydroxylation sites is 1. The van der Waals surface area contributed by atoms with Gasteiger partial charge in [0.2, 0.25) is 0 Å². The molecule has 0 spiro atoms. The van der Waals surface area contributed by atoms with Crippen molar-refractivity contribution in [2.24, 2.45) is 0 Å². The zero-order valence-corrected chi connectivity index (χ0v) is 12.6. The summed E-state index contributed by atoms with van der Waals surface area (Å²) in [5.74, 6) is 1.00. The van der Waals surface area contributed by atoms with Crippen LogP contribution < -0.4 is 10.1 Å². The third-order valence-corrected chi connectivity index (χ3v) is 4.20. The summed E-state index contributed by atoms with van der Waals surface area (Å²) in [6.45, 7) is 3.62. The number of hydrogen-bond acceptors (Lipinski definition) is 2. The van der Waals surface area contributed by atoms with Gasteiger partial charge in [-0.25, -0.2) is 0 Å². The maximum atomic E-state index is 5.69. The van der Waals surface area contributed by atoms with Crippen molar-refractivity contribution in [1.29, 1.82) is 0 Å². The second-order valence-electron chi connectivity index (χ2n) is 5.63. The Balaban J connectivity index is 1.62. The molecule has 1 aliphatic carbocycles. The Morgan fingerprint density at radius 3 is 2.67 bits per heavy atom. The minimum absolute atomic E-state index is 0.564. The second kappa shape index (κ2) is 6.77. The van der Waals surface area contributed by atoms with Crippen LogP contribution in [0.15, 0.2) is 48.5 Å². The average Bonchev–Trinajstić information content (AvgIpc) is 2.54. The van der Waals surface area contributed by atoms with E-state index in [4.69, 9.17) is 4.74 Å². The van der Waals surface area contributed by atoms with Crippen molar-refractivity contribution < 1.29 is 4.74 Å². The molecule has 2 aromatic carbocycles. The molecule has 0 aromatic heterocycles. The van der Waals surface area contributed by atoms with Crippen LogP contribution in [0, 0.1) is 0 Å². The van der Waals surface area contributed by atoms with Crippen molar-refractivity contribution >= 4 is 0 Å². The van der Waals surface area contributed by atoms with Gasteiger partial charge in [-0.15, -0.1) is 0 Å². The number of aryl methyl sites for hydroxylation is 1. The van der Waals surface area contributed by atoms with Gasteiger partial charge in [0.25, 0.3) is 0 Å². The monoisotopic (exact) mass is 281 g/mol. The molecular weight excluding hydrogens is 258 g/mol. The first kappa shape index (κ1) is 14.2. The lowest BCUT2D eigenvalue weighted by atomic mass is 9.88. The molecule has 1 atom stereocenters. The predicted octanol–water partition coefficient (Wildman–Crippen LogP) is 3.73. The maximum Gasteiger partial charge on any atom is 0.123 e. The standard InChI is InChI=1S/C19H23NO/c1-2-21-19-10-6-5-9-17(19)14-20-18-12-11-15-7-3-4-8-16(15)13-18/h3-10,18,20H,2,11-14H2,1H3. The highest BCUT2D eigenvalue weighted by atomic mass is 16.5. The Hall–Kier alpha value is -1.80. The Morgan fingerprint density at radius 1 is 1.05 bits per heavy atom. The van der Waals surface area contributed by atoms with Crippen molar-refractivity contribution in [3.63, 3.8) is 0 Å². The highest BCUT2D eigenvalue weighted by Crippen LogP contribution is 2.22. The molecule has 0 saturated carbocycles. The van der Waals surface area contributed by atoms with Gasteiger partial charge in [0.1, 0.15) is 5.75 Å².